The molecule has 0 aliphatic heterocycles. The third kappa shape index (κ3) is 4.46. The largest absolute Gasteiger partial charge is 0.313 e. The fourth-order valence-electron chi connectivity index (χ4n) is 2.20. The Bertz CT molecular complexity index is 366. The van der Waals surface area contributed by atoms with Gasteiger partial charge in [0.2, 0.25) is 0 Å². The van der Waals surface area contributed by atoms with E-state index in [0.29, 0.717) is 22.0 Å². The van der Waals surface area contributed by atoms with Gasteiger partial charge in [0.25, 0.3) is 0 Å². The zero-order chi connectivity index (χ0) is 13.5. The van der Waals surface area contributed by atoms with Gasteiger partial charge in [-0.05, 0) is 43.0 Å². The third-order valence-electron chi connectivity index (χ3n) is 3.33. The molecule has 0 fully saturated rings. The van der Waals surface area contributed by atoms with Crippen molar-refractivity contribution >= 4 is 23.2 Å². The van der Waals surface area contributed by atoms with Crippen molar-refractivity contribution in [2.24, 2.45) is 0 Å². The van der Waals surface area contributed by atoms with Crippen LogP contribution >= 0.6 is 23.2 Å². The highest BCUT2D eigenvalue weighted by molar-refractivity contribution is 6.42. The van der Waals surface area contributed by atoms with Crippen LogP contribution in [0.15, 0.2) is 18.2 Å². The van der Waals surface area contributed by atoms with Crippen molar-refractivity contribution in [3.05, 3.63) is 33.8 Å². The van der Waals surface area contributed by atoms with Crippen molar-refractivity contribution in [2.75, 3.05) is 6.54 Å². The summed E-state index contributed by atoms with van der Waals surface area (Å²) in [7, 11) is 0. The van der Waals surface area contributed by atoms with Crippen LogP contribution in [0, 0.1) is 0 Å². The molecular formula is C15H23Cl2N. The van der Waals surface area contributed by atoms with Gasteiger partial charge in [0.05, 0.1) is 10.0 Å². The summed E-state index contributed by atoms with van der Waals surface area (Å²) in [5.41, 5.74) is 1.26. The number of benzene rings is 1. The van der Waals surface area contributed by atoms with Crippen molar-refractivity contribution in [1.82, 2.24) is 5.32 Å². The maximum absolute atomic E-state index is 6.09. The van der Waals surface area contributed by atoms with Crippen LogP contribution in [0.25, 0.3) is 0 Å². The fraction of sp³-hybridized carbons (Fsp3) is 0.600. The lowest BCUT2D eigenvalue weighted by Gasteiger charge is -2.25. The highest BCUT2D eigenvalue weighted by Crippen LogP contribution is 2.29. The van der Waals surface area contributed by atoms with E-state index in [2.05, 4.69) is 32.2 Å². The molecule has 1 aromatic rings. The summed E-state index contributed by atoms with van der Waals surface area (Å²) >= 11 is 12.1. The van der Waals surface area contributed by atoms with Gasteiger partial charge in [-0.3, -0.25) is 0 Å². The van der Waals surface area contributed by atoms with Crippen molar-refractivity contribution < 1.29 is 0 Å². The topological polar surface area (TPSA) is 12.0 Å². The minimum absolute atomic E-state index is 0.450. The van der Waals surface area contributed by atoms with Crippen molar-refractivity contribution in [2.45, 2.75) is 52.0 Å². The van der Waals surface area contributed by atoms with Gasteiger partial charge in [0.1, 0.15) is 0 Å². The summed E-state index contributed by atoms with van der Waals surface area (Å²) < 4.78 is 0. The molecule has 0 radical (unpaired) electrons. The van der Waals surface area contributed by atoms with Gasteiger partial charge in [0, 0.05) is 6.04 Å². The van der Waals surface area contributed by atoms with Crippen LogP contribution in [0.3, 0.4) is 0 Å². The summed E-state index contributed by atoms with van der Waals surface area (Å²) in [6.07, 6.45) is 3.53. The lowest BCUT2D eigenvalue weighted by molar-refractivity contribution is 0.420. The predicted octanol–water partition coefficient (Wildman–Crippen LogP) is 5.27. The smallest absolute Gasteiger partial charge is 0.0595 e. The quantitative estimate of drug-likeness (QED) is 0.721. The van der Waals surface area contributed by atoms with E-state index in [0.717, 1.165) is 13.0 Å². The number of halogens is 2. The Morgan fingerprint density at radius 2 is 1.83 bits per heavy atom. The molecule has 102 valence electrons. The van der Waals surface area contributed by atoms with Gasteiger partial charge in [-0.1, -0.05) is 56.5 Å². The fourth-order valence-corrected chi connectivity index (χ4v) is 2.50. The number of hydrogen-bond donors (Lipinski definition) is 1. The second-order valence-corrected chi connectivity index (χ2v) is 5.63. The maximum atomic E-state index is 6.09. The van der Waals surface area contributed by atoms with Crippen molar-refractivity contribution in [3.8, 4) is 0 Å². The van der Waals surface area contributed by atoms with E-state index < -0.39 is 0 Å². The molecule has 0 aliphatic carbocycles. The number of nitrogens with one attached hydrogen (secondary N) is 1. The Hall–Kier alpha value is -0.240. The predicted molar refractivity (Wildman–Crippen MR) is 81.9 cm³/mol. The van der Waals surface area contributed by atoms with E-state index in [4.69, 9.17) is 23.2 Å². The van der Waals surface area contributed by atoms with Crippen LogP contribution in [-0.2, 0) is 0 Å². The highest BCUT2D eigenvalue weighted by atomic mass is 35.5. The van der Waals surface area contributed by atoms with E-state index in [1.54, 1.807) is 0 Å². The zero-order valence-corrected chi connectivity index (χ0v) is 13.0. The first-order chi connectivity index (χ1) is 8.60. The van der Waals surface area contributed by atoms with Gasteiger partial charge < -0.3 is 5.32 Å². The standard InChI is InChI=1S/C15H23Cl2N/c1-4-6-15(18-9-5-2)11(3)12-7-8-13(16)14(17)10-12/h7-8,10-11,15,18H,4-6,9H2,1-3H3. The maximum Gasteiger partial charge on any atom is 0.0595 e. The summed E-state index contributed by atoms with van der Waals surface area (Å²) in [5, 5.41) is 4.90. The lowest BCUT2D eigenvalue weighted by atomic mass is 9.90. The third-order valence-corrected chi connectivity index (χ3v) is 4.07. The molecule has 18 heavy (non-hydrogen) atoms. The van der Waals surface area contributed by atoms with Gasteiger partial charge in [-0.25, -0.2) is 0 Å². The van der Waals surface area contributed by atoms with E-state index >= 15 is 0 Å². The molecular weight excluding hydrogens is 265 g/mol. The molecule has 3 heteroatoms. The highest BCUT2D eigenvalue weighted by Gasteiger charge is 2.18. The van der Waals surface area contributed by atoms with Crippen molar-refractivity contribution in [1.29, 1.82) is 0 Å². The molecule has 0 saturated heterocycles. The Morgan fingerprint density at radius 1 is 1.11 bits per heavy atom. The van der Waals surface area contributed by atoms with Crippen LogP contribution < -0.4 is 5.32 Å². The SMILES string of the molecule is CCCNC(CCC)C(C)c1ccc(Cl)c(Cl)c1. The van der Waals surface area contributed by atoms with Crippen LogP contribution in [0.4, 0.5) is 0 Å². The Morgan fingerprint density at radius 3 is 2.39 bits per heavy atom. The Balaban J connectivity index is 2.79. The molecule has 1 rings (SSSR count). The summed E-state index contributed by atoms with van der Waals surface area (Å²) in [4.78, 5) is 0. The van der Waals surface area contributed by atoms with E-state index in [1.165, 1.54) is 18.4 Å². The van der Waals surface area contributed by atoms with E-state index in [1.807, 2.05) is 12.1 Å². The lowest BCUT2D eigenvalue weighted by Crippen LogP contribution is -2.34. The first-order valence-corrected chi connectivity index (χ1v) is 7.54. The zero-order valence-electron chi connectivity index (χ0n) is 11.5. The molecule has 1 N–H and O–H groups in total. The van der Waals surface area contributed by atoms with Crippen LogP contribution in [-0.4, -0.2) is 12.6 Å². The molecule has 0 bridgehead atoms. The molecule has 1 aromatic carbocycles. The minimum atomic E-state index is 0.450. The van der Waals surface area contributed by atoms with E-state index in [-0.39, 0.29) is 0 Å². The van der Waals surface area contributed by atoms with Gasteiger partial charge in [0.15, 0.2) is 0 Å². The average Bonchev–Trinajstić information content (AvgIpc) is 2.37. The number of hydrogen-bond acceptors (Lipinski definition) is 1. The molecule has 0 aromatic heterocycles. The first kappa shape index (κ1) is 15.8. The van der Waals surface area contributed by atoms with Crippen LogP contribution in [0.1, 0.15) is 51.5 Å². The van der Waals surface area contributed by atoms with Gasteiger partial charge >= 0.3 is 0 Å². The van der Waals surface area contributed by atoms with Crippen LogP contribution in [0.5, 0.6) is 0 Å². The molecule has 0 saturated carbocycles. The second kappa shape index (κ2) is 8.04. The second-order valence-electron chi connectivity index (χ2n) is 4.81. The summed E-state index contributed by atoms with van der Waals surface area (Å²) in [6, 6.07) is 6.46. The van der Waals surface area contributed by atoms with E-state index in [9.17, 15) is 0 Å². The molecule has 0 amide bonds. The van der Waals surface area contributed by atoms with Gasteiger partial charge in [-0.15, -0.1) is 0 Å². The normalized spacial score (nSPS) is 14.5. The average molecular weight is 288 g/mol. The Labute approximate surface area is 121 Å². The monoisotopic (exact) mass is 287 g/mol. The van der Waals surface area contributed by atoms with Gasteiger partial charge in [-0.2, -0.15) is 0 Å². The minimum Gasteiger partial charge on any atom is -0.313 e. The molecule has 0 spiro atoms. The summed E-state index contributed by atoms with van der Waals surface area (Å²) in [6.45, 7) is 7.74. The summed E-state index contributed by atoms with van der Waals surface area (Å²) in [5.74, 6) is 0.450. The first-order valence-electron chi connectivity index (χ1n) is 6.78. The molecule has 0 heterocycles. The molecule has 0 aliphatic rings. The van der Waals surface area contributed by atoms with Crippen LogP contribution in [0.2, 0.25) is 10.0 Å². The Kier molecular flexibility index (Phi) is 7.06. The number of rotatable bonds is 7. The van der Waals surface area contributed by atoms with Crippen molar-refractivity contribution in [3.63, 3.8) is 0 Å². The molecule has 2 unspecified atom stereocenters. The molecule has 2 atom stereocenters. The molecule has 1 nitrogen and oxygen atoms in total.